The summed E-state index contributed by atoms with van der Waals surface area (Å²) in [6.45, 7) is 7.41. The van der Waals surface area contributed by atoms with Gasteiger partial charge in [0.2, 0.25) is 11.8 Å². The maximum absolute atomic E-state index is 12.4. The van der Waals surface area contributed by atoms with Gasteiger partial charge >= 0.3 is 0 Å². The second-order valence-electron chi connectivity index (χ2n) is 6.95. The number of nitrogens with zero attached hydrogens (tertiary/aromatic N) is 2. The molecule has 1 heterocycles. The molecule has 1 aromatic carbocycles. The molecular formula is C19H23Cl2N3O2. The Hall–Kier alpha value is -1.72. The van der Waals surface area contributed by atoms with Crippen molar-refractivity contribution >= 4 is 51.6 Å². The zero-order valence-corrected chi connectivity index (χ0v) is 16.7. The van der Waals surface area contributed by atoms with Gasteiger partial charge in [-0.3, -0.25) is 9.59 Å². The maximum atomic E-state index is 12.4. The number of hydrogen-bond donors (Lipinski definition) is 1. The lowest BCUT2D eigenvalue weighted by atomic mass is 10.1. The fourth-order valence-corrected chi connectivity index (χ4v) is 3.86. The predicted molar refractivity (Wildman–Crippen MR) is 106 cm³/mol. The van der Waals surface area contributed by atoms with Gasteiger partial charge in [0.15, 0.2) is 0 Å². The van der Waals surface area contributed by atoms with Crippen LogP contribution in [0.5, 0.6) is 0 Å². The third-order valence-corrected chi connectivity index (χ3v) is 6.31. The van der Waals surface area contributed by atoms with Crippen molar-refractivity contribution in [2.24, 2.45) is 5.41 Å². The molecule has 3 rings (SSSR count). The molecule has 1 fully saturated rings. The van der Waals surface area contributed by atoms with Crippen LogP contribution in [0.15, 0.2) is 30.5 Å². The summed E-state index contributed by atoms with van der Waals surface area (Å²) in [4.78, 5) is 26.5. The van der Waals surface area contributed by atoms with E-state index in [2.05, 4.69) is 5.32 Å². The van der Waals surface area contributed by atoms with Crippen molar-refractivity contribution in [1.82, 2.24) is 9.47 Å². The van der Waals surface area contributed by atoms with Crippen LogP contribution < -0.4 is 5.32 Å². The van der Waals surface area contributed by atoms with Gasteiger partial charge in [-0.15, -0.1) is 23.2 Å². The number of rotatable bonds is 6. The molecule has 0 radical (unpaired) electrons. The van der Waals surface area contributed by atoms with Crippen LogP contribution in [0.3, 0.4) is 0 Å². The number of amides is 2. The van der Waals surface area contributed by atoms with E-state index in [-0.39, 0.29) is 11.8 Å². The highest BCUT2D eigenvalue weighted by Crippen LogP contribution is 2.64. The average Bonchev–Trinajstić information content (AvgIpc) is 2.91. The van der Waals surface area contributed by atoms with Crippen molar-refractivity contribution in [3.8, 4) is 0 Å². The quantitative estimate of drug-likeness (QED) is 0.750. The Bertz CT molecular complexity index is 858. The number of aromatic nitrogens is 1. The van der Waals surface area contributed by atoms with Gasteiger partial charge in [0, 0.05) is 35.9 Å². The molecule has 1 aliphatic carbocycles. The first-order valence-electron chi connectivity index (χ1n) is 8.78. The van der Waals surface area contributed by atoms with Crippen LogP contribution in [0.2, 0.25) is 0 Å². The lowest BCUT2D eigenvalue weighted by molar-refractivity contribution is -0.131. The van der Waals surface area contributed by atoms with Gasteiger partial charge in [0.1, 0.15) is 10.9 Å². The third kappa shape index (κ3) is 3.30. The van der Waals surface area contributed by atoms with E-state index in [4.69, 9.17) is 23.2 Å². The number of carbonyl (C=O) groups excluding carboxylic acids is 2. The molecule has 1 aromatic heterocycles. The molecule has 0 aliphatic heterocycles. The summed E-state index contributed by atoms with van der Waals surface area (Å²) >= 11 is 12.1. The van der Waals surface area contributed by atoms with Gasteiger partial charge in [-0.05, 0) is 51.5 Å². The van der Waals surface area contributed by atoms with Gasteiger partial charge < -0.3 is 14.8 Å². The van der Waals surface area contributed by atoms with Crippen LogP contribution in [-0.4, -0.2) is 38.7 Å². The molecule has 1 unspecified atom stereocenters. The number of carbonyl (C=O) groups is 2. The highest BCUT2D eigenvalue weighted by Gasteiger charge is 2.67. The molecular weight excluding hydrogens is 373 g/mol. The molecule has 5 nitrogen and oxygen atoms in total. The predicted octanol–water partition coefficient (Wildman–Crippen LogP) is 4.03. The van der Waals surface area contributed by atoms with Gasteiger partial charge in [0.05, 0.1) is 5.41 Å². The second-order valence-corrected chi connectivity index (χ2v) is 8.43. The molecule has 26 heavy (non-hydrogen) atoms. The average molecular weight is 396 g/mol. The van der Waals surface area contributed by atoms with Crippen LogP contribution in [0.1, 0.15) is 27.2 Å². The SMILES string of the molecule is CCN(CC)C(=O)Cn1ccc2cc(NC(=O)C3(C)CC3(Cl)Cl)ccc21. The number of benzene rings is 1. The number of likely N-dealkylation sites (N-methyl/N-ethyl adjacent to an activating group) is 1. The smallest absolute Gasteiger partial charge is 0.242 e. The van der Waals surface area contributed by atoms with Crippen LogP contribution >= 0.6 is 23.2 Å². The van der Waals surface area contributed by atoms with Gasteiger partial charge in [-0.25, -0.2) is 0 Å². The highest BCUT2D eigenvalue weighted by molar-refractivity contribution is 6.53. The number of halogens is 2. The monoisotopic (exact) mass is 395 g/mol. The van der Waals surface area contributed by atoms with Crippen LogP contribution in [0, 0.1) is 5.41 Å². The first-order valence-corrected chi connectivity index (χ1v) is 9.53. The molecule has 0 saturated heterocycles. The van der Waals surface area contributed by atoms with Crippen molar-refractivity contribution in [2.45, 2.75) is 38.1 Å². The summed E-state index contributed by atoms with van der Waals surface area (Å²) in [6, 6.07) is 7.56. The summed E-state index contributed by atoms with van der Waals surface area (Å²) in [5, 5.41) is 3.84. The van der Waals surface area contributed by atoms with E-state index < -0.39 is 9.75 Å². The molecule has 2 amide bonds. The van der Waals surface area contributed by atoms with Gasteiger partial charge in [-0.1, -0.05) is 0 Å². The maximum Gasteiger partial charge on any atom is 0.242 e. The number of anilines is 1. The Morgan fingerprint density at radius 1 is 1.23 bits per heavy atom. The highest BCUT2D eigenvalue weighted by atomic mass is 35.5. The fraction of sp³-hybridized carbons (Fsp3) is 0.474. The largest absolute Gasteiger partial charge is 0.342 e. The molecule has 1 saturated carbocycles. The van der Waals surface area contributed by atoms with Gasteiger partial charge in [0.25, 0.3) is 0 Å². The molecule has 1 aliphatic rings. The van der Waals surface area contributed by atoms with E-state index in [1.165, 1.54) is 0 Å². The number of nitrogens with one attached hydrogen (secondary N) is 1. The first-order chi connectivity index (χ1) is 12.2. The topological polar surface area (TPSA) is 54.3 Å². The number of fused-ring (bicyclic) bond motifs is 1. The van der Waals surface area contributed by atoms with E-state index >= 15 is 0 Å². The standard InChI is InChI=1S/C19H23Cl2N3O2/c1-4-23(5-2)16(25)11-24-9-8-13-10-14(6-7-15(13)24)22-17(26)18(3)12-19(18,20)21/h6-10H,4-5,11-12H2,1-3H3,(H,22,26). The van der Waals surface area contributed by atoms with Crippen molar-refractivity contribution in [3.63, 3.8) is 0 Å². The Morgan fingerprint density at radius 3 is 2.46 bits per heavy atom. The minimum atomic E-state index is -0.991. The minimum Gasteiger partial charge on any atom is -0.342 e. The summed E-state index contributed by atoms with van der Waals surface area (Å²) < 4.78 is 0.932. The zero-order valence-electron chi connectivity index (χ0n) is 15.2. The minimum absolute atomic E-state index is 0.0899. The molecule has 140 valence electrons. The zero-order chi connectivity index (χ0) is 19.1. The Kier molecular flexibility index (Phi) is 4.97. The van der Waals surface area contributed by atoms with E-state index in [9.17, 15) is 9.59 Å². The third-order valence-electron chi connectivity index (χ3n) is 5.21. The first kappa shape index (κ1) is 19.1. The summed E-state index contributed by atoms with van der Waals surface area (Å²) in [5.41, 5.74) is 0.880. The van der Waals surface area contributed by atoms with Crippen LogP contribution in [0.25, 0.3) is 10.9 Å². The summed E-state index contributed by atoms with van der Waals surface area (Å²) in [7, 11) is 0. The molecule has 0 spiro atoms. The Morgan fingerprint density at radius 2 is 1.88 bits per heavy atom. The fourth-order valence-electron chi connectivity index (χ4n) is 3.15. The van der Waals surface area contributed by atoms with Crippen molar-refractivity contribution < 1.29 is 9.59 Å². The molecule has 0 bridgehead atoms. The van der Waals surface area contributed by atoms with Crippen LogP contribution in [0.4, 0.5) is 5.69 Å². The lowest BCUT2D eigenvalue weighted by Crippen LogP contribution is -2.33. The van der Waals surface area contributed by atoms with Gasteiger partial charge in [-0.2, -0.15) is 0 Å². The normalized spacial score (nSPS) is 20.8. The molecule has 1 N–H and O–H groups in total. The van der Waals surface area contributed by atoms with Crippen molar-refractivity contribution in [1.29, 1.82) is 0 Å². The van der Waals surface area contributed by atoms with E-state index in [0.29, 0.717) is 31.7 Å². The molecule has 2 aromatic rings. The Balaban J connectivity index is 1.75. The van der Waals surface area contributed by atoms with E-state index in [0.717, 1.165) is 10.9 Å². The number of alkyl halides is 2. The van der Waals surface area contributed by atoms with E-state index in [1.807, 2.05) is 48.9 Å². The lowest BCUT2D eigenvalue weighted by Gasteiger charge is -2.19. The molecule has 1 atom stereocenters. The van der Waals surface area contributed by atoms with Crippen molar-refractivity contribution in [2.75, 3.05) is 18.4 Å². The summed E-state index contributed by atoms with van der Waals surface area (Å²) in [6.07, 6.45) is 2.34. The Labute approximate surface area is 163 Å². The van der Waals surface area contributed by atoms with E-state index in [1.54, 1.807) is 11.8 Å². The summed E-state index contributed by atoms with van der Waals surface area (Å²) in [5.74, 6) is -0.0925. The second kappa shape index (κ2) is 6.78. The van der Waals surface area contributed by atoms with Crippen LogP contribution in [-0.2, 0) is 16.1 Å². The number of hydrogen-bond acceptors (Lipinski definition) is 2. The molecule has 7 heteroatoms. The van der Waals surface area contributed by atoms with Crippen molar-refractivity contribution in [3.05, 3.63) is 30.5 Å².